The number of rotatable bonds is 5. The van der Waals surface area contributed by atoms with Crippen LogP contribution in [-0.2, 0) is 16.1 Å². The fraction of sp³-hybridized carbons (Fsp3) is 0.423. The van der Waals surface area contributed by atoms with Gasteiger partial charge in [0.1, 0.15) is 5.75 Å². The lowest BCUT2D eigenvalue weighted by Crippen LogP contribution is -2.49. The summed E-state index contributed by atoms with van der Waals surface area (Å²) in [6, 6.07) is 15.7. The Morgan fingerprint density at radius 2 is 1.94 bits per heavy atom. The van der Waals surface area contributed by atoms with E-state index in [1.54, 1.807) is 12.0 Å². The van der Waals surface area contributed by atoms with Gasteiger partial charge in [0.05, 0.1) is 29.8 Å². The molecule has 4 rings (SSSR count). The molecule has 0 N–H and O–H groups in total. The van der Waals surface area contributed by atoms with Crippen LogP contribution in [0.5, 0.6) is 5.75 Å². The molecule has 1 atom stereocenters. The van der Waals surface area contributed by atoms with Gasteiger partial charge >= 0.3 is 0 Å². The molecule has 1 aliphatic heterocycles. The minimum Gasteiger partial charge on any atom is -0.497 e. The third-order valence-electron chi connectivity index (χ3n) is 5.96. The van der Waals surface area contributed by atoms with Crippen molar-refractivity contribution >= 4 is 38.5 Å². The normalized spacial score (nSPS) is 16.6. The van der Waals surface area contributed by atoms with Gasteiger partial charge in [-0.15, -0.1) is 0 Å². The molecule has 174 valence electrons. The number of benzene rings is 2. The highest BCUT2D eigenvalue weighted by Gasteiger charge is 2.36. The molecule has 33 heavy (non-hydrogen) atoms. The van der Waals surface area contributed by atoms with Gasteiger partial charge in [0.25, 0.3) is 0 Å². The van der Waals surface area contributed by atoms with Gasteiger partial charge in [-0.2, -0.15) is 0 Å². The molecule has 1 aliphatic rings. The summed E-state index contributed by atoms with van der Waals surface area (Å²) in [6.45, 7) is 7.40. The highest BCUT2D eigenvalue weighted by atomic mass is 32.1. The number of methoxy groups -OCH3 is 1. The van der Waals surface area contributed by atoms with Gasteiger partial charge in [0, 0.05) is 18.5 Å². The summed E-state index contributed by atoms with van der Waals surface area (Å²) in [5.74, 6) is 0.649. The Balaban J connectivity index is 1.64. The van der Waals surface area contributed by atoms with Crippen LogP contribution in [0.15, 0.2) is 48.5 Å². The highest BCUT2D eigenvalue weighted by Crippen LogP contribution is 2.34. The van der Waals surface area contributed by atoms with Crippen molar-refractivity contribution in [3.8, 4) is 5.75 Å². The minimum absolute atomic E-state index is 0.0243. The second kappa shape index (κ2) is 9.51. The Hall–Kier alpha value is -2.93. The molecular formula is C26H31N3O3S. The molecule has 3 aromatic rings. The fourth-order valence-electron chi connectivity index (χ4n) is 4.20. The number of fused-ring (bicyclic) bond motifs is 1. The van der Waals surface area contributed by atoms with E-state index in [4.69, 9.17) is 9.72 Å². The van der Waals surface area contributed by atoms with Crippen LogP contribution < -0.4 is 9.64 Å². The molecule has 1 aromatic heterocycles. The maximum absolute atomic E-state index is 13.9. The predicted octanol–water partition coefficient (Wildman–Crippen LogP) is 5.12. The van der Waals surface area contributed by atoms with E-state index in [1.165, 1.54) is 11.3 Å². The second-order valence-electron chi connectivity index (χ2n) is 9.58. The summed E-state index contributed by atoms with van der Waals surface area (Å²) < 4.78 is 6.33. The van der Waals surface area contributed by atoms with Crippen molar-refractivity contribution in [2.75, 3.05) is 25.1 Å². The molecule has 0 aliphatic carbocycles. The number of hydrogen-bond acceptors (Lipinski definition) is 5. The van der Waals surface area contributed by atoms with Crippen molar-refractivity contribution in [3.05, 3.63) is 54.1 Å². The summed E-state index contributed by atoms with van der Waals surface area (Å²) in [5, 5.41) is 0.673. The van der Waals surface area contributed by atoms with Crippen LogP contribution in [0.4, 0.5) is 5.13 Å². The number of carbonyl (C=O) groups is 2. The number of anilines is 1. The number of aromatic nitrogens is 1. The van der Waals surface area contributed by atoms with E-state index in [2.05, 4.69) is 0 Å². The lowest BCUT2D eigenvalue weighted by Gasteiger charge is -2.37. The van der Waals surface area contributed by atoms with Crippen molar-refractivity contribution in [2.24, 2.45) is 11.3 Å². The zero-order valence-corrected chi connectivity index (χ0v) is 20.5. The number of nitrogens with zero attached hydrogens (tertiary/aromatic N) is 3. The van der Waals surface area contributed by atoms with Gasteiger partial charge in [0.2, 0.25) is 11.8 Å². The van der Waals surface area contributed by atoms with Gasteiger partial charge in [-0.1, -0.05) is 62.4 Å². The van der Waals surface area contributed by atoms with Crippen molar-refractivity contribution in [2.45, 2.75) is 40.2 Å². The first kappa shape index (κ1) is 23.2. The van der Waals surface area contributed by atoms with Gasteiger partial charge in [0.15, 0.2) is 5.13 Å². The summed E-state index contributed by atoms with van der Waals surface area (Å²) in [6.07, 6.45) is 1.60. The molecule has 0 bridgehead atoms. The van der Waals surface area contributed by atoms with E-state index in [0.29, 0.717) is 24.8 Å². The quantitative estimate of drug-likeness (QED) is 0.525. The van der Waals surface area contributed by atoms with Crippen molar-refractivity contribution in [1.29, 1.82) is 0 Å². The lowest BCUT2D eigenvalue weighted by molar-refractivity contribution is -0.142. The highest BCUT2D eigenvalue weighted by molar-refractivity contribution is 7.22. The number of thiazole rings is 1. The van der Waals surface area contributed by atoms with Crippen molar-refractivity contribution in [3.63, 3.8) is 0 Å². The summed E-state index contributed by atoms with van der Waals surface area (Å²) >= 11 is 1.49. The first-order valence-electron chi connectivity index (χ1n) is 11.4. The number of amides is 2. The molecule has 0 spiro atoms. The van der Waals surface area contributed by atoms with E-state index in [9.17, 15) is 9.59 Å². The van der Waals surface area contributed by atoms with Crippen molar-refractivity contribution in [1.82, 2.24) is 9.88 Å². The molecule has 0 radical (unpaired) electrons. The van der Waals surface area contributed by atoms with E-state index < -0.39 is 5.41 Å². The molecular weight excluding hydrogens is 434 g/mol. The van der Waals surface area contributed by atoms with Gasteiger partial charge < -0.3 is 9.64 Å². The number of hydrogen-bond donors (Lipinski definition) is 0. The topological polar surface area (TPSA) is 62.7 Å². The molecule has 6 nitrogen and oxygen atoms in total. The average molecular weight is 466 g/mol. The molecule has 2 aromatic carbocycles. The third kappa shape index (κ3) is 5.19. The Kier molecular flexibility index (Phi) is 6.70. The molecule has 0 saturated carbocycles. The maximum Gasteiger partial charge on any atom is 0.233 e. The van der Waals surface area contributed by atoms with Crippen LogP contribution in [-0.4, -0.2) is 41.9 Å². The molecule has 1 unspecified atom stereocenters. The van der Waals surface area contributed by atoms with Crippen molar-refractivity contribution < 1.29 is 14.3 Å². The first-order valence-corrected chi connectivity index (χ1v) is 12.2. The van der Waals surface area contributed by atoms with Crippen LogP contribution in [0.25, 0.3) is 10.2 Å². The Bertz CT molecular complexity index is 1140. The fourth-order valence-corrected chi connectivity index (χ4v) is 5.20. The monoisotopic (exact) mass is 465 g/mol. The molecule has 1 saturated heterocycles. The zero-order valence-electron chi connectivity index (χ0n) is 19.7. The zero-order chi connectivity index (χ0) is 23.6. The van der Waals surface area contributed by atoms with Crippen LogP contribution in [0.3, 0.4) is 0 Å². The minimum atomic E-state index is -0.458. The summed E-state index contributed by atoms with van der Waals surface area (Å²) in [5.41, 5.74) is 1.43. The number of carbonyl (C=O) groups excluding carboxylic acids is 2. The average Bonchev–Trinajstić information content (AvgIpc) is 3.24. The number of ether oxygens (including phenoxy) is 1. The summed E-state index contributed by atoms with van der Waals surface area (Å²) in [7, 11) is 1.64. The maximum atomic E-state index is 13.9. The molecule has 7 heteroatoms. The molecule has 2 amide bonds. The Labute approximate surface area is 199 Å². The first-order chi connectivity index (χ1) is 15.8. The lowest BCUT2D eigenvalue weighted by atomic mass is 9.90. The molecule has 1 fully saturated rings. The van der Waals surface area contributed by atoms with E-state index >= 15 is 0 Å². The second-order valence-corrected chi connectivity index (χ2v) is 10.6. The van der Waals surface area contributed by atoms with Crippen LogP contribution >= 0.6 is 11.3 Å². The van der Waals surface area contributed by atoms with E-state index in [-0.39, 0.29) is 17.7 Å². The SMILES string of the molecule is COc1ccc2nc(N(Cc3ccccc3)C(=O)C3CCCN(C(=O)C(C)(C)C)C3)sc2c1. The largest absolute Gasteiger partial charge is 0.497 e. The molecule has 2 heterocycles. The number of likely N-dealkylation sites (tertiary alicyclic amines) is 1. The van der Waals surface area contributed by atoms with E-state index in [1.807, 2.05) is 74.2 Å². The summed E-state index contributed by atoms with van der Waals surface area (Å²) in [4.78, 5) is 35.2. The standard InChI is InChI=1S/C26H31N3O3S/c1-26(2,3)24(31)28-14-8-11-19(17-28)23(30)29(16-18-9-6-5-7-10-18)25-27-21-13-12-20(32-4)15-22(21)33-25/h5-7,9-10,12-13,15,19H,8,11,14,16-17H2,1-4H3. The van der Waals surface area contributed by atoms with Gasteiger partial charge in [-0.05, 0) is 36.6 Å². The van der Waals surface area contributed by atoms with Gasteiger partial charge in [-0.3, -0.25) is 14.5 Å². The number of piperidine rings is 1. The van der Waals surface area contributed by atoms with Gasteiger partial charge in [-0.25, -0.2) is 4.98 Å². The Morgan fingerprint density at radius 3 is 2.64 bits per heavy atom. The van der Waals surface area contributed by atoms with E-state index in [0.717, 1.165) is 34.4 Å². The third-order valence-corrected chi connectivity index (χ3v) is 7.01. The van der Waals surface area contributed by atoms with Crippen LogP contribution in [0, 0.1) is 11.3 Å². The predicted molar refractivity (Wildman–Crippen MR) is 133 cm³/mol. The van der Waals surface area contributed by atoms with Crippen LogP contribution in [0.1, 0.15) is 39.2 Å². The van der Waals surface area contributed by atoms with Crippen LogP contribution in [0.2, 0.25) is 0 Å². The smallest absolute Gasteiger partial charge is 0.233 e. The Morgan fingerprint density at radius 1 is 1.18 bits per heavy atom.